The van der Waals surface area contributed by atoms with E-state index in [1.807, 2.05) is 0 Å². The first-order valence-electron chi connectivity index (χ1n) is 12.6. The second kappa shape index (κ2) is 10.9. The molecular weight excluding hydrogens is 478 g/mol. The number of benzene rings is 1. The molecule has 1 saturated carbocycles. The summed E-state index contributed by atoms with van der Waals surface area (Å²) in [5.41, 5.74) is 1.54. The van der Waals surface area contributed by atoms with E-state index >= 15 is 0 Å². The topological polar surface area (TPSA) is 106 Å². The highest BCUT2D eigenvalue weighted by molar-refractivity contribution is 6.35. The number of H-pyrrole nitrogens is 1. The molecule has 0 spiro atoms. The number of carbonyl (C=O) groups excluding carboxylic acids is 2. The zero-order chi connectivity index (χ0) is 25.1. The van der Waals surface area contributed by atoms with Gasteiger partial charge in [-0.15, -0.1) is 0 Å². The van der Waals surface area contributed by atoms with Gasteiger partial charge in [0.25, 0.3) is 0 Å². The van der Waals surface area contributed by atoms with Crippen molar-refractivity contribution in [2.75, 3.05) is 45.1 Å². The fourth-order valence-electron chi connectivity index (χ4n) is 5.10. The zero-order valence-corrected chi connectivity index (χ0v) is 21.2. The number of likely N-dealkylation sites (N-methyl/N-ethyl adjacent to an activating group) is 1. The SMILES string of the molecule is CN1CCN(CC(=O)N[C@H]2CC[C@@H](Nc3ncnc4[nH]cc(C(=O)c5ccccc5Cl)c34)CC2)CC1. The van der Waals surface area contributed by atoms with E-state index in [1.54, 1.807) is 30.5 Å². The number of hydrogen-bond donors (Lipinski definition) is 3. The van der Waals surface area contributed by atoms with Crippen molar-refractivity contribution in [2.24, 2.45) is 0 Å². The van der Waals surface area contributed by atoms with Gasteiger partial charge in [0.1, 0.15) is 17.8 Å². The molecule has 10 heteroatoms. The molecule has 2 aromatic heterocycles. The van der Waals surface area contributed by atoms with Gasteiger partial charge in [0.2, 0.25) is 5.91 Å². The lowest BCUT2D eigenvalue weighted by molar-refractivity contribution is -0.123. The summed E-state index contributed by atoms with van der Waals surface area (Å²) < 4.78 is 0. The Balaban J connectivity index is 1.20. The highest BCUT2D eigenvalue weighted by Gasteiger charge is 2.26. The van der Waals surface area contributed by atoms with Gasteiger partial charge in [-0.05, 0) is 44.9 Å². The monoisotopic (exact) mass is 509 g/mol. The molecule has 9 nitrogen and oxygen atoms in total. The van der Waals surface area contributed by atoms with Gasteiger partial charge in [0, 0.05) is 50.0 Å². The molecule has 36 heavy (non-hydrogen) atoms. The second-order valence-corrected chi connectivity index (χ2v) is 10.2. The van der Waals surface area contributed by atoms with E-state index in [0.717, 1.165) is 51.9 Å². The third-order valence-electron chi connectivity index (χ3n) is 7.23. The van der Waals surface area contributed by atoms with Crippen molar-refractivity contribution in [3.8, 4) is 0 Å². The number of aromatic amines is 1. The number of halogens is 1. The number of fused-ring (bicyclic) bond motifs is 1. The smallest absolute Gasteiger partial charge is 0.234 e. The van der Waals surface area contributed by atoms with E-state index in [9.17, 15) is 9.59 Å². The summed E-state index contributed by atoms with van der Waals surface area (Å²) in [6, 6.07) is 7.42. The number of aromatic nitrogens is 3. The lowest BCUT2D eigenvalue weighted by Crippen LogP contribution is -2.50. The fourth-order valence-corrected chi connectivity index (χ4v) is 5.32. The molecule has 5 rings (SSSR count). The molecule has 0 unspecified atom stereocenters. The van der Waals surface area contributed by atoms with Crippen LogP contribution in [0.4, 0.5) is 5.82 Å². The quantitative estimate of drug-likeness (QED) is 0.420. The van der Waals surface area contributed by atoms with Crippen molar-refractivity contribution in [2.45, 2.75) is 37.8 Å². The van der Waals surface area contributed by atoms with E-state index < -0.39 is 0 Å². The van der Waals surface area contributed by atoms with Crippen molar-refractivity contribution >= 4 is 40.1 Å². The average Bonchev–Trinajstić information content (AvgIpc) is 3.32. The highest BCUT2D eigenvalue weighted by atomic mass is 35.5. The number of nitrogens with zero attached hydrogens (tertiary/aromatic N) is 4. The van der Waals surface area contributed by atoms with E-state index in [4.69, 9.17) is 11.6 Å². The summed E-state index contributed by atoms with van der Waals surface area (Å²) in [6.45, 7) is 4.36. The lowest BCUT2D eigenvalue weighted by atomic mass is 9.91. The van der Waals surface area contributed by atoms with E-state index in [2.05, 4.69) is 42.4 Å². The van der Waals surface area contributed by atoms with E-state index in [0.29, 0.717) is 39.5 Å². The summed E-state index contributed by atoms with van der Waals surface area (Å²) in [5.74, 6) is 0.583. The first-order valence-corrected chi connectivity index (χ1v) is 12.9. The number of hydrogen-bond acceptors (Lipinski definition) is 7. The number of anilines is 1. The molecule has 0 bridgehead atoms. The molecule has 2 aliphatic rings. The number of rotatable bonds is 7. The van der Waals surface area contributed by atoms with Crippen LogP contribution >= 0.6 is 11.6 Å². The van der Waals surface area contributed by atoms with Crippen molar-refractivity contribution in [3.63, 3.8) is 0 Å². The molecule has 0 radical (unpaired) electrons. The average molecular weight is 510 g/mol. The van der Waals surface area contributed by atoms with Crippen LogP contribution in [0, 0.1) is 0 Å². The van der Waals surface area contributed by atoms with Gasteiger partial charge in [-0.25, -0.2) is 9.97 Å². The van der Waals surface area contributed by atoms with Crippen LogP contribution in [-0.2, 0) is 4.79 Å². The van der Waals surface area contributed by atoms with E-state index in [-0.39, 0.29) is 23.8 Å². The normalized spacial score (nSPS) is 21.4. The van der Waals surface area contributed by atoms with Gasteiger partial charge in [-0.2, -0.15) is 0 Å². The predicted molar refractivity (Wildman–Crippen MR) is 141 cm³/mol. The largest absolute Gasteiger partial charge is 0.367 e. The minimum absolute atomic E-state index is 0.114. The predicted octanol–water partition coefficient (Wildman–Crippen LogP) is 2.93. The molecule has 0 atom stereocenters. The summed E-state index contributed by atoms with van der Waals surface area (Å²) >= 11 is 6.28. The molecule has 3 heterocycles. The van der Waals surface area contributed by atoms with Crippen LogP contribution in [0.3, 0.4) is 0 Å². The molecule has 1 aromatic carbocycles. The second-order valence-electron chi connectivity index (χ2n) is 9.80. The zero-order valence-electron chi connectivity index (χ0n) is 20.5. The van der Waals surface area contributed by atoms with Gasteiger partial charge in [0.15, 0.2) is 5.78 Å². The molecule has 3 N–H and O–H groups in total. The third kappa shape index (κ3) is 5.53. The molecule has 1 amide bonds. The summed E-state index contributed by atoms with van der Waals surface area (Å²) in [5, 5.41) is 7.84. The van der Waals surface area contributed by atoms with Crippen molar-refractivity contribution < 1.29 is 9.59 Å². The van der Waals surface area contributed by atoms with Crippen LogP contribution in [0.2, 0.25) is 5.02 Å². The summed E-state index contributed by atoms with van der Waals surface area (Å²) in [7, 11) is 2.12. The Morgan fingerprint density at radius 1 is 1.03 bits per heavy atom. The fraction of sp³-hybridized carbons (Fsp3) is 0.462. The van der Waals surface area contributed by atoms with Crippen LogP contribution in [-0.4, -0.2) is 88.3 Å². The summed E-state index contributed by atoms with van der Waals surface area (Å²) in [6.07, 6.45) is 6.78. The van der Waals surface area contributed by atoms with Crippen LogP contribution in [0.5, 0.6) is 0 Å². The lowest BCUT2D eigenvalue weighted by Gasteiger charge is -2.33. The minimum Gasteiger partial charge on any atom is -0.367 e. The summed E-state index contributed by atoms with van der Waals surface area (Å²) in [4.78, 5) is 42.2. The van der Waals surface area contributed by atoms with Crippen LogP contribution in [0.25, 0.3) is 11.0 Å². The van der Waals surface area contributed by atoms with Crippen molar-refractivity contribution in [3.05, 3.63) is 52.9 Å². The minimum atomic E-state index is -0.170. The molecule has 1 aliphatic heterocycles. The Hall–Kier alpha value is -3.01. The van der Waals surface area contributed by atoms with Crippen molar-refractivity contribution in [1.82, 2.24) is 30.1 Å². The highest BCUT2D eigenvalue weighted by Crippen LogP contribution is 2.30. The van der Waals surface area contributed by atoms with Gasteiger partial charge in [-0.3, -0.25) is 14.5 Å². The van der Waals surface area contributed by atoms with Crippen LogP contribution in [0.15, 0.2) is 36.8 Å². The standard InChI is InChI=1S/C26H32ClN7O2/c1-33-10-12-34(13-11-33)15-22(35)31-17-6-8-18(9-7-17)32-26-23-20(14-28-25(23)29-16-30-26)24(36)19-4-2-3-5-21(19)27/h2-5,14,16-18H,6-13,15H2,1H3,(H,31,35)(H2,28,29,30,32)/t17-,18+. The van der Waals surface area contributed by atoms with Gasteiger partial charge in [-0.1, -0.05) is 23.7 Å². The number of ketones is 1. The van der Waals surface area contributed by atoms with Crippen LogP contribution < -0.4 is 10.6 Å². The van der Waals surface area contributed by atoms with Gasteiger partial charge in [0.05, 0.1) is 22.5 Å². The third-order valence-corrected chi connectivity index (χ3v) is 7.56. The molecule has 2 fully saturated rings. The maximum absolute atomic E-state index is 13.3. The van der Waals surface area contributed by atoms with Gasteiger partial charge >= 0.3 is 0 Å². The Labute approximate surface area is 215 Å². The Morgan fingerprint density at radius 3 is 2.50 bits per heavy atom. The number of carbonyl (C=O) groups is 2. The maximum Gasteiger partial charge on any atom is 0.234 e. The molecular formula is C26H32ClN7O2. The Bertz CT molecular complexity index is 1230. The first kappa shape index (κ1) is 24.7. The van der Waals surface area contributed by atoms with Crippen molar-refractivity contribution in [1.29, 1.82) is 0 Å². The number of amides is 1. The van der Waals surface area contributed by atoms with Crippen LogP contribution in [0.1, 0.15) is 41.6 Å². The maximum atomic E-state index is 13.3. The molecule has 1 aliphatic carbocycles. The Kier molecular flexibility index (Phi) is 7.50. The molecule has 190 valence electrons. The number of piperazine rings is 1. The first-order chi connectivity index (χ1) is 17.5. The number of nitrogens with one attached hydrogen (secondary N) is 3. The van der Waals surface area contributed by atoms with Gasteiger partial charge < -0.3 is 20.5 Å². The molecule has 1 saturated heterocycles. The Morgan fingerprint density at radius 2 is 1.75 bits per heavy atom. The van der Waals surface area contributed by atoms with E-state index in [1.165, 1.54) is 6.33 Å². The molecule has 3 aromatic rings.